The maximum atomic E-state index is 12.1. The van der Waals surface area contributed by atoms with E-state index in [1.54, 1.807) is 0 Å². The van der Waals surface area contributed by atoms with E-state index in [9.17, 15) is 4.79 Å². The van der Waals surface area contributed by atoms with E-state index >= 15 is 0 Å². The molecule has 2 rings (SSSR count). The van der Waals surface area contributed by atoms with E-state index in [0.717, 1.165) is 23.3 Å². The fourth-order valence-corrected chi connectivity index (χ4v) is 3.78. The minimum absolute atomic E-state index is 0.283. The first-order chi connectivity index (χ1) is 11.5. The van der Waals surface area contributed by atoms with Crippen LogP contribution in [0.3, 0.4) is 0 Å². The highest BCUT2D eigenvalue weighted by atomic mass is 32.1. The first-order valence-corrected chi connectivity index (χ1v) is 9.12. The molecule has 128 valence electrons. The average molecular weight is 363 g/mol. The standard InChI is InChI=1S/C18H22N2O2S2/c1-4-8-12(2)19-18(23)20-16-14(17(21)22-3)11-15(24-16)13-9-6-5-7-10-13/h5-7,9-12H,4,8H2,1-3H3,(H2,19,20,23). The Balaban J connectivity index is 2.23. The summed E-state index contributed by atoms with van der Waals surface area (Å²) in [7, 11) is 1.38. The van der Waals surface area contributed by atoms with E-state index in [2.05, 4.69) is 24.5 Å². The summed E-state index contributed by atoms with van der Waals surface area (Å²) >= 11 is 6.85. The topological polar surface area (TPSA) is 50.4 Å². The molecule has 2 aromatic rings. The zero-order valence-electron chi connectivity index (χ0n) is 14.1. The molecule has 0 bridgehead atoms. The molecule has 1 atom stereocenters. The largest absolute Gasteiger partial charge is 0.465 e. The van der Waals surface area contributed by atoms with Crippen LogP contribution in [0, 0.1) is 0 Å². The van der Waals surface area contributed by atoms with Gasteiger partial charge in [0.1, 0.15) is 5.00 Å². The SMILES string of the molecule is CCCC(C)NC(=S)Nc1sc(-c2ccccc2)cc1C(=O)OC. The van der Waals surface area contributed by atoms with Gasteiger partial charge >= 0.3 is 5.97 Å². The van der Waals surface area contributed by atoms with Gasteiger partial charge in [0.25, 0.3) is 0 Å². The normalized spacial score (nSPS) is 11.6. The quantitative estimate of drug-likeness (QED) is 0.577. The van der Waals surface area contributed by atoms with Gasteiger partial charge in [-0.2, -0.15) is 0 Å². The second-order valence-corrected chi connectivity index (χ2v) is 6.96. The summed E-state index contributed by atoms with van der Waals surface area (Å²) in [4.78, 5) is 13.1. The van der Waals surface area contributed by atoms with Crippen molar-refractivity contribution >= 4 is 39.6 Å². The Labute approximate surface area is 152 Å². The summed E-state index contributed by atoms with van der Waals surface area (Å²) in [5, 5.41) is 7.59. The van der Waals surface area contributed by atoms with Gasteiger partial charge in [-0.25, -0.2) is 4.79 Å². The van der Waals surface area contributed by atoms with Crippen molar-refractivity contribution < 1.29 is 9.53 Å². The molecule has 1 aromatic heterocycles. The molecule has 0 fully saturated rings. The van der Waals surface area contributed by atoms with Crippen LogP contribution in [0.1, 0.15) is 37.0 Å². The Morgan fingerprint density at radius 2 is 2.04 bits per heavy atom. The van der Waals surface area contributed by atoms with Gasteiger partial charge in [-0.05, 0) is 37.2 Å². The second-order valence-electron chi connectivity index (χ2n) is 5.50. The van der Waals surface area contributed by atoms with Crippen LogP contribution in [0.2, 0.25) is 0 Å². The number of carbonyl (C=O) groups is 1. The number of ether oxygens (including phenoxy) is 1. The minimum Gasteiger partial charge on any atom is -0.465 e. The average Bonchev–Trinajstić information content (AvgIpc) is 2.98. The molecule has 1 unspecified atom stereocenters. The van der Waals surface area contributed by atoms with Gasteiger partial charge in [0.2, 0.25) is 0 Å². The van der Waals surface area contributed by atoms with Crippen LogP contribution < -0.4 is 10.6 Å². The third kappa shape index (κ3) is 4.79. The summed E-state index contributed by atoms with van der Waals surface area (Å²) in [5.74, 6) is -0.375. The maximum absolute atomic E-state index is 12.1. The lowest BCUT2D eigenvalue weighted by molar-refractivity contribution is 0.0602. The van der Waals surface area contributed by atoms with Crippen LogP contribution in [0.5, 0.6) is 0 Å². The molecule has 0 saturated carbocycles. The maximum Gasteiger partial charge on any atom is 0.340 e. The molecule has 0 aliphatic rings. The monoisotopic (exact) mass is 362 g/mol. The first-order valence-electron chi connectivity index (χ1n) is 7.90. The highest BCUT2D eigenvalue weighted by Gasteiger charge is 2.18. The van der Waals surface area contributed by atoms with Gasteiger partial charge in [0.05, 0.1) is 12.7 Å². The van der Waals surface area contributed by atoms with Gasteiger partial charge in [-0.15, -0.1) is 11.3 Å². The number of carbonyl (C=O) groups excluding carboxylic acids is 1. The van der Waals surface area contributed by atoms with Gasteiger partial charge in [-0.1, -0.05) is 43.7 Å². The summed E-state index contributed by atoms with van der Waals surface area (Å²) < 4.78 is 4.89. The predicted molar refractivity (Wildman–Crippen MR) is 105 cm³/mol. The van der Waals surface area contributed by atoms with Crippen LogP contribution in [-0.4, -0.2) is 24.2 Å². The molecule has 2 N–H and O–H groups in total. The van der Waals surface area contributed by atoms with E-state index in [1.807, 2.05) is 36.4 Å². The molecule has 1 aromatic carbocycles. The highest BCUT2D eigenvalue weighted by molar-refractivity contribution is 7.80. The van der Waals surface area contributed by atoms with Crippen molar-refractivity contribution in [2.75, 3.05) is 12.4 Å². The van der Waals surface area contributed by atoms with Crippen molar-refractivity contribution in [1.82, 2.24) is 5.32 Å². The van der Waals surface area contributed by atoms with Crippen molar-refractivity contribution in [3.05, 3.63) is 42.0 Å². The number of hydrogen-bond acceptors (Lipinski definition) is 4. The van der Waals surface area contributed by atoms with Crippen LogP contribution in [-0.2, 0) is 4.74 Å². The van der Waals surface area contributed by atoms with Crippen molar-refractivity contribution in [3.8, 4) is 10.4 Å². The lowest BCUT2D eigenvalue weighted by Crippen LogP contribution is -2.35. The van der Waals surface area contributed by atoms with E-state index in [0.29, 0.717) is 15.7 Å². The molecule has 0 aliphatic heterocycles. The molecule has 0 aliphatic carbocycles. The molecule has 4 nitrogen and oxygen atoms in total. The lowest BCUT2D eigenvalue weighted by Gasteiger charge is -2.16. The molecular formula is C18H22N2O2S2. The number of thiocarbonyl (C=S) groups is 1. The number of esters is 1. The fraction of sp³-hybridized carbons (Fsp3) is 0.333. The summed E-state index contributed by atoms with van der Waals surface area (Å²) in [6.07, 6.45) is 2.12. The summed E-state index contributed by atoms with van der Waals surface area (Å²) in [6.45, 7) is 4.22. The number of anilines is 1. The Morgan fingerprint density at radius 3 is 2.67 bits per heavy atom. The van der Waals surface area contributed by atoms with Crippen LogP contribution in [0.15, 0.2) is 36.4 Å². The number of nitrogens with one attached hydrogen (secondary N) is 2. The molecule has 0 radical (unpaired) electrons. The number of methoxy groups -OCH3 is 1. The Hall–Kier alpha value is -1.92. The molecule has 0 amide bonds. The van der Waals surface area contributed by atoms with Crippen molar-refractivity contribution in [2.24, 2.45) is 0 Å². The predicted octanol–water partition coefficient (Wildman–Crippen LogP) is 4.68. The van der Waals surface area contributed by atoms with Crippen LogP contribution >= 0.6 is 23.6 Å². The summed E-state index contributed by atoms with van der Waals surface area (Å²) in [6, 6.07) is 12.0. The van der Waals surface area contributed by atoms with E-state index in [4.69, 9.17) is 17.0 Å². The van der Waals surface area contributed by atoms with Gasteiger partial charge in [0, 0.05) is 10.9 Å². The fourth-order valence-electron chi connectivity index (χ4n) is 2.36. The Kier molecular flexibility index (Phi) is 6.75. The molecular weight excluding hydrogens is 340 g/mol. The second kappa shape index (κ2) is 8.80. The number of thiophene rings is 1. The molecule has 1 heterocycles. The highest BCUT2D eigenvalue weighted by Crippen LogP contribution is 2.35. The van der Waals surface area contributed by atoms with Crippen molar-refractivity contribution in [1.29, 1.82) is 0 Å². The summed E-state index contributed by atoms with van der Waals surface area (Å²) in [5.41, 5.74) is 1.55. The number of hydrogen-bond donors (Lipinski definition) is 2. The minimum atomic E-state index is -0.375. The van der Waals surface area contributed by atoms with Crippen molar-refractivity contribution in [2.45, 2.75) is 32.7 Å². The molecule has 0 saturated heterocycles. The van der Waals surface area contributed by atoms with Crippen LogP contribution in [0.25, 0.3) is 10.4 Å². The lowest BCUT2D eigenvalue weighted by atomic mass is 10.1. The Morgan fingerprint density at radius 1 is 1.33 bits per heavy atom. The Bertz CT molecular complexity index is 698. The van der Waals surface area contributed by atoms with E-state index in [-0.39, 0.29) is 12.0 Å². The van der Waals surface area contributed by atoms with Crippen molar-refractivity contribution in [3.63, 3.8) is 0 Å². The first kappa shape index (κ1) is 18.4. The third-order valence-electron chi connectivity index (χ3n) is 3.52. The van der Waals surface area contributed by atoms with Gasteiger partial charge < -0.3 is 15.4 Å². The zero-order valence-corrected chi connectivity index (χ0v) is 15.7. The van der Waals surface area contributed by atoms with Gasteiger partial charge in [0.15, 0.2) is 5.11 Å². The zero-order chi connectivity index (χ0) is 17.5. The van der Waals surface area contributed by atoms with E-state index in [1.165, 1.54) is 18.4 Å². The molecule has 24 heavy (non-hydrogen) atoms. The molecule has 0 spiro atoms. The van der Waals surface area contributed by atoms with E-state index < -0.39 is 0 Å². The molecule has 6 heteroatoms. The number of benzene rings is 1. The van der Waals surface area contributed by atoms with Gasteiger partial charge in [-0.3, -0.25) is 0 Å². The van der Waals surface area contributed by atoms with Crippen LogP contribution in [0.4, 0.5) is 5.00 Å². The number of rotatable bonds is 6. The smallest absolute Gasteiger partial charge is 0.340 e. The third-order valence-corrected chi connectivity index (χ3v) is 4.84.